The van der Waals surface area contributed by atoms with Crippen molar-refractivity contribution in [3.8, 4) is 17.1 Å². The molecule has 5 rings (SSSR count). The van der Waals surface area contributed by atoms with E-state index in [1.165, 1.54) is 19.3 Å². The van der Waals surface area contributed by atoms with E-state index < -0.39 is 0 Å². The van der Waals surface area contributed by atoms with Gasteiger partial charge in [0.2, 0.25) is 5.95 Å². The van der Waals surface area contributed by atoms with Crippen molar-refractivity contribution in [1.29, 1.82) is 0 Å². The molecule has 0 bridgehead atoms. The van der Waals surface area contributed by atoms with Crippen molar-refractivity contribution >= 4 is 28.4 Å². The number of nitrogens with zero attached hydrogens (tertiary/aromatic N) is 7. The van der Waals surface area contributed by atoms with Crippen LogP contribution in [0.2, 0.25) is 0 Å². The van der Waals surface area contributed by atoms with E-state index in [1.807, 2.05) is 55.9 Å². The molecule has 0 amide bonds. The van der Waals surface area contributed by atoms with Crippen molar-refractivity contribution in [3.63, 3.8) is 0 Å². The van der Waals surface area contributed by atoms with Gasteiger partial charge in [-0.2, -0.15) is 0 Å². The number of anilines is 3. The number of benzene rings is 1. The average Bonchev–Trinajstić information content (AvgIpc) is 3.26. The zero-order valence-electron chi connectivity index (χ0n) is 19.2. The molecule has 0 radical (unpaired) electrons. The second-order valence-corrected chi connectivity index (χ2v) is 8.30. The van der Waals surface area contributed by atoms with Crippen LogP contribution in [0.1, 0.15) is 31.9 Å². The van der Waals surface area contributed by atoms with Crippen molar-refractivity contribution < 1.29 is 4.74 Å². The molecule has 1 fully saturated rings. The summed E-state index contributed by atoms with van der Waals surface area (Å²) in [5.41, 5.74) is 3.57. The first-order chi connectivity index (χ1) is 16.1. The number of fused-ring (bicyclic) bond motifs is 1. The van der Waals surface area contributed by atoms with Crippen LogP contribution >= 0.6 is 0 Å². The average molecular weight is 445 g/mol. The van der Waals surface area contributed by atoms with Gasteiger partial charge in [-0.1, -0.05) is 0 Å². The van der Waals surface area contributed by atoms with Gasteiger partial charge in [0.15, 0.2) is 11.6 Å². The van der Waals surface area contributed by atoms with Gasteiger partial charge in [0.25, 0.3) is 0 Å². The summed E-state index contributed by atoms with van der Waals surface area (Å²) in [6.45, 7) is 6.54. The lowest BCUT2D eigenvalue weighted by Gasteiger charge is -2.28. The molecule has 9 nitrogen and oxygen atoms in total. The highest BCUT2D eigenvalue weighted by molar-refractivity contribution is 5.89. The van der Waals surface area contributed by atoms with E-state index in [0.29, 0.717) is 18.3 Å². The van der Waals surface area contributed by atoms with Crippen LogP contribution in [-0.4, -0.2) is 49.4 Å². The van der Waals surface area contributed by atoms with Gasteiger partial charge in [-0.05, 0) is 57.4 Å². The standard InChI is InChI=1S/C24H28N8O/c1-4-33-20-13-17(22-30-26-15-31(22)3)8-9-19(20)28-24-25-14-18-12-16(2)27-23(21(18)29-24)32-10-6-5-7-11-32/h8-9,12-15H,4-7,10-11H2,1-3H3,(H,25,28,29). The first kappa shape index (κ1) is 21.1. The van der Waals surface area contributed by atoms with Crippen molar-refractivity contribution in [2.75, 3.05) is 29.9 Å². The van der Waals surface area contributed by atoms with Crippen LogP contribution < -0.4 is 15.0 Å². The first-order valence-electron chi connectivity index (χ1n) is 11.4. The Morgan fingerprint density at radius 2 is 1.94 bits per heavy atom. The van der Waals surface area contributed by atoms with Crippen LogP contribution in [0.3, 0.4) is 0 Å². The van der Waals surface area contributed by atoms with Gasteiger partial charge in [0, 0.05) is 43.0 Å². The van der Waals surface area contributed by atoms with E-state index in [2.05, 4.69) is 25.4 Å². The highest BCUT2D eigenvalue weighted by Crippen LogP contribution is 2.33. The number of aryl methyl sites for hydroxylation is 2. The minimum atomic E-state index is 0.513. The smallest absolute Gasteiger partial charge is 0.227 e. The normalized spacial score (nSPS) is 14.0. The number of hydrogen-bond acceptors (Lipinski definition) is 8. The maximum Gasteiger partial charge on any atom is 0.227 e. The van der Waals surface area contributed by atoms with E-state index in [1.54, 1.807) is 6.33 Å². The van der Waals surface area contributed by atoms with E-state index in [0.717, 1.165) is 52.6 Å². The Hall–Kier alpha value is -3.75. The summed E-state index contributed by atoms with van der Waals surface area (Å²) < 4.78 is 7.79. The largest absolute Gasteiger partial charge is 0.492 e. The molecule has 0 unspecified atom stereocenters. The lowest BCUT2D eigenvalue weighted by Crippen LogP contribution is -2.30. The molecule has 0 atom stereocenters. The summed E-state index contributed by atoms with van der Waals surface area (Å²) in [6, 6.07) is 7.94. The number of ether oxygens (including phenoxy) is 1. The van der Waals surface area contributed by atoms with Crippen LogP contribution in [0.5, 0.6) is 5.75 Å². The van der Waals surface area contributed by atoms with Gasteiger partial charge in [0.1, 0.15) is 17.6 Å². The maximum atomic E-state index is 5.91. The molecule has 9 heteroatoms. The highest BCUT2D eigenvalue weighted by Gasteiger charge is 2.18. The Morgan fingerprint density at radius 3 is 2.70 bits per heavy atom. The van der Waals surface area contributed by atoms with Gasteiger partial charge >= 0.3 is 0 Å². The minimum Gasteiger partial charge on any atom is -0.492 e. The molecule has 1 saturated heterocycles. The third-order valence-corrected chi connectivity index (χ3v) is 5.83. The monoisotopic (exact) mass is 444 g/mol. The predicted octanol–water partition coefficient (Wildman–Crippen LogP) is 4.26. The molecule has 170 valence electrons. The van der Waals surface area contributed by atoms with Crippen LogP contribution in [0.25, 0.3) is 22.3 Å². The van der Waals surface area contributed by atoms with Crippen molar-refractivity contribution in [3.05, 3.63) is 42.5 Å². The SMILES string of the molecule is CCOc1cc(-c2nncn2C)ccc1Nc1ncc2cc(C)nc(N3CCCCC3)c2n1. The molecular weight excluding hydrogens is 416 g/mol. The first-order valence-corrected chi connectivity index (χ1v) is 11.4. The number of hydrogen-bond donors (Lipinski definition) is 1. The fraction of sp³-hybridized carbons (Fsp3) is 0.375. The van der Waals surface area contributed by atoms with E-state index >= 15 is 0 Å². The number of nitrogens with one attached hydrogen (secondary N) is 1. The second kappa shape index (κ2) is 9.01. The molecule has 4 aromatic rings. The van der Waals surface area contributed by atoms with Gasteiger partial charge in [-0.3, -0.25) is 0 Å². The molecule has 0 spiro atoms. The topological polar surface area (TPSA) is 93.9 Å². The molecule has 1 aliphatic rings. The number of piperidine rings is 1. The lowest BCUT2D eigenvalue weighted by molar-refractivity contribution is 0.342. The number of pyridine rings is 1. The molecule has 33 heavy (non-hydrogen) atoms. The van der Waals surface area contributed by atoms with Crippen molar-refractivity contribution in [2.24, 2.45) is 7.05 Å². The van der Waals surface area contributed by atoms with Gasteiger partial charge in [-0.15, -0.1) is 10.2 Å². The van der Waals surface area contributed by atoms with E-state index in [4.69, 9.17) is 14.7 Å². The highest BCUT2D eigenvalue weighted by atomic mass is 16.5. The summed E-state index contributed by atoms with van der Waals surface area (Å²) in [5.74, 6) is 2.94. The summed E-state index contributed by atoms with van der Waals surface area (Å²) in [5, 5.41) is 12.5. The van der Waals surface area contributed by atoms with Crippen molar-refractivity contribution in [1.82, 2.24) is 29.7 Å². The number of aromatic nitrogens is 6. The molecule has 4 heterocycles. The van der Waals surface area contributed by atoms with Gasteiger partial charge in [-0.25, -0.2) is 15.0 Å². The molecule has 1 aliphatic heterocycles. The summed E-state index contributed by atoms with van der Waals surface area (Å²) in [6.07, 6.45) is 7.18. The third-order valence-electron chi connectivity index (χ3n) is 5.83. The zero-order valence-corrected chi connectivity index (χ0v) is 19.2. The predicted molar refractivity (Wildman–Crippen MR) is 129 cm³/mol. The van der Waals surface area contributed by atoms with Crippen LogP contribution in [0, 0.1) is 6.92 Å². The summed E-state index contributed by atoms with van der Waals surface area (Å²) in [7, 11) is 1.92. The maximum absolute atomic E-state index is 5.91. The van der Waals surface area contributed by atoms with Gasteiger partial charge < -0.3 is 19.5 Å². The lowest BCUT2D eigenvalue weighted by atomic mass is 10.1. The Labute approximate surface area is 192 Å². The number of rotatable bonds is 6. The molecule has 0 aliphatic carbocycles. The van der Waals surface area contributed by atoms with E-state index in [9.17, 15) is 0 Å². The molecular formula is C24H28N8O. The Bertz CT molecular complexity index is 1280. The fourth-order valence-electron chi connectivity index (χ4n) is 4.24. The zero-order chi connectivity index (χ0) is 22.8. The second-order valence-electron chi connectivity index (χ2n) is 8.30. The molecule has 3 aromatic heterocycles. The molecule has 1 aromatic carbocycles. The van der Waals surface area contributed by atoms with E-state index in [-0.39, 0.29) is 0 Å². The quantitative estimate of drug-likeness (QED) is 0.471. The Morgan fingerprint density at radius 1 is 1.09 bits per heavy atom. The third kappa shape index (κ3) is 4.30. The van der Waals surface area contributed by atoms with Crippen LogP contribution in [0.15, 0.2) is 36.8 Å². The fourth-order valence-corrected chi connectivity index (χ4v) is 4.24. The molecule has 0 saturated carbocycles. The van der Waals surface area contributed by atoms with Gasteiger partial charge in [0.05, 0.1) is 12.3 Å². The Balaban J connectivity index is 1.51. The van der Waals surface area contributed by atoms with Crippen LogP contribution in [0.4, 0.5) is 17.5 Å². The Kier molecular flexibility index (Phi) is 5.77. The summed E-state index contributed by atoms with van der Waals surface area (Å²) >= 11 is 0. The minimum absolute atomic E-state index is 0.513. The van der Waals surface area contributed by atoms with Crippen molar-refractivity contribution in [2.45, 2.75) is 33.1 Å². The van der Waals surface area contributed by atoms with Crippen LogP contribution in [-0.2, 0) is 7.05 Å². The molecule has 1 N–H and O–H groups in total. The summed E-state index contributed by atoms with van der Waals surface area (Å²) in [4.78, 5) is 16.6.